The highest BCUT2D eigenvalue weighted by molar-refractivity contribution is 5.89. The summed E-state index contributed by atoms with van der Waals surface area (Å²) in [5.41, 5.74) is 0.504. The molecule has 2 rings (SSSR count). The lowest BCUT2D eigenvalue weighted by Crippen LogP contribution is -2.46. The molecule has 2 atom stereocenters. The Morgan fingerprint density at radius 2 is 2.15 bits per heavy atom. The number of amides is 2. The summed E-state index contributed by atoms with van der Waals surface area (Å²) in [5.74, 6) is 0.750. The van der Waals surface area contributed by atoms with Gasteiger partial charge in [0, 0.05) is 17.1 Å². The van der Waals surface area contributed by atoms with Crippen LogP contribution in [0.3, 0.4) is 0 Å². The molecule has 5 heteroatoms. The second-order valence-electron chi connectivity index (χ2n) is 5.58. The molecule has 0 saturated heterocycles. The van der Waals surface area contributed by atoms with E-state index in [1.807, 2.05) is 6.92 Å². The van der Waals surface area contributed by atoms with Crippen molar-refractivity contribution in [2.75, 3.05) is 19.0 Å². The molecule has 1 fully saturated rings. The predicted octanol–water partition coefficient (Wildman–Crippen LogP) is 2.37. The molecule has 20 heavy (non-hydrogen) atoms. The van der Waals surface area contributed by atoms with Crippen LogP contribution in [0.15, 0.2) is 24.3 Å². The van der Waals surface area contributed by atoms with Crippen molar-refractivity contribution in [1.29, 1.82) is 0 Å². The van der Waals surface area contributed by atoms with Crippen LogP contribution in [0, 0.1) is 5.41 Å². The minimum Gasteiger partial charge on any atom is -0.497 e. The number of urea groups is 1. The molecule has 1 aromatic carbocycles. The van der Waals surface area contributed by atoms with Gasteiger partial charge in [-0.3, -0.25) is 0 Å². The van der Waals surface area contributed by atoms with Crippen molar-refractivity contribution >= 4 is 11.7 Å². The van der Waals surface area contributed by atoms with Crippen LogP contribution in [0.1, 0.15) is 26.2 Å². The third-order valence-corrected chi connectivity index (χ3v) is 4.10. The first-order chi connectivity index (χ1) is 9.57. The molecule has 0 aliphatic heterocycles. The monoisotopic (exact) mass is 278 g/mol. The van der Waals surface area contributed by atoms with E-state index in [1.165, 1.54) is 0 Å². The maximum absolute atomic E-state index is 12.0. The van der Waals surface area contributed by atoms with Gasteiger partial charge in [0.05, 0.1) is 13.7 Å². The Kier molecular flexibility index (Phi) is 4.49. The largest absolute Gasteiger partial charge is 0.497 e. The van der Waals surface area contributed by atoms with E-state index in [4.69, 9.17) is 4.74 Å². The van der Waals surface area contributed by atoms with Crippen molar-refractivity contribution in [3.8, 4) is 5.75 Å². The van der Waals surface area contributed by atoms with E-state index in [2.05, 4.69) is 10.6 Å². The Morgan fingerprint density at radius 3 is 2.75 bits per heavy atom. The van der Waals surface area contributed by atoms with Crippen LogP contribution in [-0.2, 0) is 0 Å². The number of anilines is 1. The van der Waals surface area contributed by atoms with E-state index in [9.17, 15) is 9.90 Å². The van der Waals surface area contributed by atoms with Gasteiger partial charge in [-0.2, -0.15) is 0 Å². The zero-order valence-electron chi connectivity index (χ0n) is 12.0. The molecule has 3 N–H and O–H groups in total. The molecule has 0 spiro atoms. The topological polar surface area (TPSA) is 70.6 Å². The van der Waals surface area contributed by atoms with Crippen LogP contribution >= 0.6 is 0 Å². The van der Waals surface area contributed by atoms with Crippen molar-refractivity contribution in [3.05, 3.63) is 24.3 Å². The molecule has 1 aromatic rings. The number of nitrogens with one attached hydrogen (secondary N) is 2. The van der Waals surface area contributed by atoms with Crippen molar-refractivity contribution in [2.24, 2.45) is 5.41 Å². The Labute approximate surface area is 119 Å². The van der Waals surface area contributed by atoms with Crippen LogP contribution in [-0.4, -0.2) is 30.9 Å². The smallest absolute Gasteiger partial charge is 0.319 e. The molecule has 1 aliphatic carbocycles. The number of hydrogen-bond acceptors (Lipinski definition) is 3. The number of benzene rings is 1. The zero-order chi connectivity index (χ0) is 14.6. The van der Waals surface area contributed by atoms with Crippen LogP contribution in [0.25, 0.3) is 0 Å². The summed E-state index contributed by atoms with van der Waals surface area (Å²) < 4.78 is 5.07. The molecule has 110 valence electrons. The minimum atomic E-state index is -0.234. The van der Waals surface area contributed by atoms with Crippen LogP contribution in [0.5, 0.6) is 5.75 Å². The van der Waals surface area contributed by atoms with Gasteiger partial charge in [0.15, 0.2) is 0 Å². The molecule has 0 radical (unpaired) electrons. The van der Waals surface area contributed by atoms with Gasteiger partial charge in [-0.05, 0) is 37.1 Å². The average molecular weight is 278 g/mol. The standard InChI is InChI=1S/C15H22N2O3/c1-15(10-18)9-3-4-13(15)17-14(19)16-11-5-7-12(20-2)8-6-11/h5-8,13,18H,3-4,9-10H2,1-2H3,(H2,16,17,19). The van der Waals surface area contributed by atoms with E-state index < -0.39 is 0 Å². The average Bonchev–Trinajstić information content (AvgIpc) is 2.81. The van der Waals surface area contributed by atoms with E-state index in [-0.39, 0.29) is 24.1 Å². The summed E-state index contributed by atoms with van der Waals surface area (Å²) in [6.45, 7) is 2.11. The van der Waals surface area contributed by atoms with Crippen molar-refractivity contribution in [1.82, 2.24) is 5.32 Å². The second-order valence-corrected chi connectivity index (χ2v) is 5.58. The first-order valence-electron chi connectivity index (χ1n) is 6.90. The summed E-state index contributed by atoms with van der Waals surface area (Å²) in [4.78, 5) is 12.0. The lowest BCUT2D eigenvalue weighted by Gasteiger charge is -2.30. The summed E-state index contributed by atoms with van der Waals surface area (Å²) in [5, 5.41) is 15.2. The molecule has 1 aliphatic rings. The summed E-state index contributed by atoms with van der Waals surface area (Å²) in [6, 6.07) is 6.95. The van der Waals surface area contributed by atoms with Crippen molar-refractivity contribution in [2.45, 2.75) is 32.2 Å². The van der Waals surface area contributed by atoms with Crippen molar-refractivity contribution < 1.29 is 14.6 Å². The summed E-state index contributed by atoms with van der Waals surface area (Å²) in [6.07, 6.45) is 2.88. The van der Waals surface area contributed by atoms with Gasteiger partial charge >= 0.3 is 6.03 Å². The molecule has 0 aromatic heterocycles. The van der Waals surface area contributed by atoms with Gasteiger partial charge in [0.25, 0.3) is 0 Å². The fourth-order valence-corrected chi connectivity index (χ4v) is 2.67. The molecule has 0 heterocycles. The zero-order valence-corrected chi connectivity index (χ0v) is 12.0. The highest BCUT2D eigenvalue weighted by Crippen LogP contribution is 2.37. The first-order valence-corrected chi connectivity index (χ1v) is 6.90. The van der Waals surface area contributed by atoms with E-state index in [1.54, 1.807) is 31.4 Å². The Morgan fingerprint density at radius 1 is 1.45 bits per heavy atom. The van der Waals surface area contributed by atoms with Gasteiger partial charge in [-0.15, -0.1) is 0 Å². The van der Waals surface area contributed by atoms with Gasteiger partial charge in [-0.25, -0.2) is 4.79 Å². The Balaban J connectivity index is 1.91. The van der Waals surface area contributed by atoms with E-state index in [0.717, 1.165) is 25.0 Å². The lowest BCUT2D eigenvalue weighted by atomic mass is 9.86. The summed E-state index contributed by atoms with van der Waals surface area (Å²) >= 11 is 0. The summed E-state index contributed by atoms with van der Waals surface area (Å²) in [7, 11) is 1.60. The molecule has 2 amide bonds. The van der Waals surface area contributed by atoms with E-state index in [0.29, 0.717) is 5.69 Å². The third-order valence-electron chi connectivity index (χ3n) is 4.10. The normalized spacial score (nSPS) is 25.2. The fourth-order valence-electron chi connectivity index (χ4n) is 2.67. The van der Waals surface area contributed by atoms with Gasteiger partial charge in [-0.1, -0.05) is 13.3 Å². The maximum Gasteiger partial charge on any atom is 0.319 e. The van der Waals surface area contributed by atoms with Crippen LogP contribution < -0.4 is 15.4 Å². The quantitative estimate of drug-likeness (QED) is 0.792. The van der Waals surface area contributed by atoms with E-state index >= 15 is 0 Å². The number of aliphatic hydroxyl groups excluding tert-OH is 1. The fraction of sp³-hybridized carbons (Fsp3) is 0.533. The van der Waals surface area contributed by atoms with Gasteiger partial charge < -0.3 is 20.5 Å². The molecular weight excluding hydrogens is 256 g/mol. The molecule has 1 saturated carbocycles. The number of rotatable bonds is 4. The molecule has 0 bridgehead atoms. The number of hydrogen-bond donors (Lipinski definition) is 3. The predicted molar refractivity (Wildman–Crippen MR) is 78.0 cm³/mol. The van der Waals surface area contributed by atoms with Crippen LogP contribution in [0.2, 0.25) is 0 Å². The Bertz CT molecular complexity index is 461. The van der Waals surface area contributed by atoms with Gasteiger partial charge in [0.2, 0.25) is 0 Å². The highest BCUT2D eigenvalue weighted by Gasteiger charge is 2.39. The van der Waals surface area contributed by atoms with Crippen LogP contribution in [0.4, 0.5) is 10.5 Å². The third kappa shape index (κ3) is 3.22. The Hall–Kier alpha value is -1.75. The highest BCUT2D eigenvalue weighted by atomic mass is 16.5. The second kappa shape index (κ2) is 6.13. The van der Waals surface area contributed by atoms with Gasteiger partial charge in [0.1, 0.15) is 5.75 Å². The first kappa shape index (κ1) is 14.7. The molecular formula is C15H22N2O3. The minimum absolute atomic E-state index is 0.0192. The lowest BCUT2D eigenvalue weighted by molar-refractivity contribution is 0.122. The van der Waals surface area contributed by atoms with Crippen molar-refractivity contribution in [3.63, 3.8) is 0 Å². The number of carbonyl (C=O) groups excluding carboxylic acids is 1. The maximum atomic E-state index is 12.0. The molecule has 2 unspecified atom stereocenters. The number of ether oxygens (including phenoxy) is 1. The number of methoxy groups -OCH3 is 1. The number of carbonyl (C=O) groups is 1. The molecule has 5 nitrogen and oxygen atoms in total. The number of aliphatic hydroxyl groups is 1. The SMILES string of the molecule is COc1ccc(NC(=O)NC2CCCC2(C)CO)cc1.